The van der Waals surface area contributed by atoms with Gasteiger partial charge in [-0.1, -0.05) is 17.3 Å². The third-order valence-corrected chi connectivity index (χ3v) is 2.69. The summed E-state index contributed by atoms with van der Waals surface area (Å²) in [7, 11) is 1.55. The molecule has 1 aromatic carbocycles. The molecule has 0 saturated carbocycles. The van der Waals surface area contributed by atoms with Gasteiger partial charge in [-0.05, 0) is 19.1 Å². The van der Waals surface area contributed by atoms with Gasteiger partial charge in [-0.3, -0.25) is 0 Å². The van der Waals surface area contributed by atoms with Crippen molar-refractivity contribution in [3.63, 3.8) is 0 Å². The summed E-state index contributed by atoms with van der Waals surface area (Å²) in [4.78, 5) is 4.14. The third-order valence-electron chi connectivity index (χ3n) is 2.69. The standard InChI is InChI=1S/C12H14FN3O2/c1-7(17-2)10(14)12-15-11(16-18-12)8-4-3-5-9(13)6-8/h3-7,10H,14H2,1-2H3/t7-,10-/m1/s1. The van der Waals surface area contributed by atoms with E-state index in [1.807, 2.05) is 0 Å². The molecule has 0 aliphatic carbocycles. The van der Waals surface area contributed by atoms with Gasteiger partial charge in [0, 0.05) is 12.7 Å². The molecule has 2 N–H and O–H groups in total. The first-order chi connectivity index (χ1) is 8.61. The Hall–Kier alpha value is -1.79. The van der Waals surface area contributed by atoms with Crippen LogP contribution >= 0.6 is 0 Å². The molecule has 1 aromatic heterocycles. The molecule has 2 rings (SSSR count). The van der Waals surface area contributed by atoms with Gasteiger partial charge in [-0.15, -0.1) is 0 Å². The monoisotopic (exact) mass is 251 g/mol. The lowest BCUT2D eigenvalue weighted by Crippen LogP contribution is -2.25. The summed E-state index contributed by atoms with van der Waals surface area (Å²) in [6, 6.07) is 5.45. The van der Waals surface area contributed by atoms with Gasteiger partial charge < -0.3 is 15.0 Å². The molecule has 2 atom stereocenters. The van der Waals surface area contributed by atoms with E-state index in [0.29, 0.717) is 11.4 Å². The van der Waals surface area contributed by atoms with Gasteiger partial charge in [0.25, 0.3) is 0 Å². The largest absolute Gasteiger partial charge is 0.380 e. The number of nitrogens with zero attached hydrogens (tertiary/aromatic N) is 2. The van der Waals surface area contributed by atoms with Crippen LogP contribution < -0.4 is 5.73 Å². The summed E-state index contributed by atoms with van der Waals surface area (Å²) in [6.07, 6.45) is -0.245. The molecule has 0 saturated heterocycles. The summed E-state index contributed by atoms with van der Waals surface area (Å²) >= 11 is 0. The van der Waals surface area contributed by atoms with Crippen LogP contribution in [0.1, 0.15) is 18.9 Å². The van der Waals surface area contributed by atoms with E-state index in [4.69, 9.17) is 15.0 Å². The Labute approximate surface area is 104 Å². The maximum Gasteiger partial charge on any atom is 0.246 e. The maximum absolute atomic E-state index is 13.1. The van der Waals surface area contributed by atoms with Crippen LogP contribution in [0.2, 0.25) is 0 Å². The summed E-state index contributed by atoms with van der Waals surface area (Å²) in [5, 5.41) is 3.78. The Balaban J connectivity index is 2.25. The fourth-order valence-electron chi connectivity index (χ4n) is 1.46. The molecule has 0 fully saturated rings. The van der Waals surface area contributed by atoms with Gasteiger partial charge >= 0.3 is 0 Å². The number of rotatable bonds is 4. The summed E-state index contributed by atoms with van der Waals surface area (Å²) in [6.45, 7) is 1.80. The Bertz CT molecular complexity index is 530. The van der Waals surface area contributed by atoms with Gasteiger partial charge in [0.2, 0.25) is 11.7 Å². The minimum Gasteiger partial charge on any atom is -0.380 e. The van der Waals surface area contributed by atoms with E-state index in [1.165, 1.54) is 12.1 Å². The second kappa shape index (κ2) is 5.24. The fourth-order valence-corrected chi connectivity index (χ4v) is 1.46. The van der Waals surface area contributed by atoms with Crippen molar-refractivity contribution in [1.82, 2.24) is 10.1 Å². The highest BCUT2D eigenvalue weighted by atomic mass is 19.1. The number of benzene rings is 1. The van der Waals surface area contributed by atoms with E-state index in [-0.39, 0.29) is 17.8 Å². The fraction of sp³-hybridized carbons (Fsp3) is 0.333. The highest BCUT2D eigenvalue weighted by Crippen LogP contribution is 2.20. The van der Waals surface area contributed by atoms with Crippen molar-refractivity contribution in [2.45, 2.75) is 19.1 Å². The maximum atomic E-state index is 13.1. The van der Waals surface area contributed by atoms with E-state index in [9.17, 15) is 4.39 Å². The number of nitrogens with two attached hydrogens (primary N) is 1. The van der Waals surface area contributed by atoms with Crippen LogP contribution in [0.3, 0.4) is 0 Å². The summed E-state index contributed by atoms with van der Waals surface area (Å²) in [5.41, 5.74) is 6.42. The molecule has 5 nitrogen and oxygen atoms in total. The molecule has 2 aromatic rings. The topological polar surface area (TPSA) is 74.2 Å². The van der Waals surface area contributed by atoms with Crippen LogP contribution in [-0.4, -0.2) is 23.4 Å². The predicted molar refractivity (Wildman–Crippen MR) is 63.1 cm³/mol. The molecule has 0 radical (unpaired) electrons. The number of ether oxygens (including phenoxy) is 1. The first-order valence-corrected chi connectivity index (χ1v) is 5.49. The average molecular weight is 251 g/mol. The highest BCUT2D eigenvalue weighted by Gasteiger charge is 2.21. The van der Waals surface area contributed by atoms with Crippen molar-refractivity contribution in [1.29, 1.82) is 0 Å². The second-order valence-corrected chi connectivity index (χ2v) is 3.93. The van der Waals surface area contributed by atoms with Crippen LogP contribution in [0.4, 0.5) is 4.39 Å². The Morgan fingerprint density at radius 3 is 2.89 bits per heavy atom. The van der Waals surface area contributed by atoms with Crippen LogP contribution in [0.5, 0.6) is 0 Å². The highest BCUT2D eigenvalue weighted by molar-refractivity contribution is 5.53. The smallest absolute Gasteiger partial charge is 0.246 e. The summed E-state index contributed by atoms with van der Waals surface area (Å²) in [5.74, 6) is 0.222. The predicted octanol–water partition coefficient (Wildman–Crippen LogP) is 1.91. The van der Waals surface area contributed by atoms with Gasteiger partial charge in [-0.2, -0.15) is 4.98 Å². The van der Waals surface area contributed by atoms with Crippen LogP contribution in [0.25, 0.3) is 11.4 Å². The van der Waals surface area contributed by atoms with Crippen LogP contribution in [0, 0.1) is 5.82 Å². The van der Waals surface area contributed by atoms with E-state index in [2.05, 4.69) is 10.1 Å². The van der Waals surface area contributed by atoms with Crippen molar-refractivity contribution >= 4 is 0 Å². The number of hydrogen-bond donors (Lipinski definition) is 1. The van der Waals surface area contributed by atoms with Crippen LogP contribution in [-0.2, 0) is 4.74 Å². The lowest BCUT2D eigenvalue weighted by molar-refractivity contribution is 0.0848. The van der Waals surface area contributed by atoms with E-state index in [1.54, 1.807) is 26.2 Å². The SMILES string of the molecule is CO[C@H](C)[C@@H](N)c1nc(-c2cccc(F)c2)no1. The minimum atomic E-state index is -0.509. The molecule has 0 aliphatic rings. The lowest BCUT2D eigenvalue weighted by Gasteiger charge is -2.13. The Kier molecular flexibility index (Phi) is 3.69. The summed E-state index contributed by atoms with van der Waals surface area (Å²) < 4.78 is 23.2. The van der Waals surface area contributed by atoms with Crippen LogP contribution in [0.15, 0.2) is 28.8 Å². The molecular weight excluding hydrogens is 237 g/mol. The molecule has 0 bridgehead atoms. The van der Waals surface area contributed by atoms with E-state index < -0.39 is 6.04 Å². The molecule has 6 heteroatoms. The van der Waals surface area contributed by atoms with Gasteiger partial charge in [0.05, 0.1) is 6.10 Å². The minimum absolute atomic E-state index is 0.245. The average Bonchev–Trinajstić information content (AvgIpc) is 2.86. The third kappa shape index (κ3) is 2.55. The molecule has 0 aliphatic heterocycles. The van der Waals surface area contributed by atoms with Crippen molar-refractivity contribution in [3.8, 4) is 11.4 Å². The molecule has 0 unspecified atom stereocenters. The molecule has 1 heterocycles. The zero-order chi connectivity index (χ0) is 13.1. The zero-order valence-corrected chi connectivity index (χ0v) is 10.1. The quantitative estimate of drug-likeness (QED) is 0.898. The first kappa shape index (κ1) is 12.7. The number of aromatic nitrogens is 2. The molecular formula is C12H14FN3O2. The number of halogens is 1. The first-order valence-electron chi connectivity index (χ1n) is 5.49. The van der Waals surface area contributed by atoms with Crippen molar-refractivity contribution < 1.29 is 13.7 Å². The van der Waals surface area contributed by atoms with Crippen molar-refractivity contribution in [2.75, 3.05) is 7.11 Å². The van der Waals surface area contributed by atoms with Gasteiger partial charge in [-0.25, -0.2) is 4.39 Å². The normalized spacial score (nSPS) is 14.4. The van der Waals surface area contributed by atoms with E-state index >= 15 is 0 Å². The van der Waals surface area contributed by atoms with Gasteiger partial charge in [0.15, 0.2) is 0 Å². The lowest BCUT2D eigenvalue weighted by atomic mass is 10.2. The molecule has 96 valence electrons. The van der Waals surface area contributed by atoms with Crippen molar-refractivity contribution in [3.05, 3.63) is 36.0 Å². The molecule has 0 spiro atoms. The Morgan fingerprint density at radius 1 is 1.44 bits per heavy atom. The molecule has 0 amide bonds. The number of hydrogen-bond acceptors (Lipinski definition) is 5. The van der Waals surface area contributed by atoms with Crippen molar-refractivity contribution in [2.24, 2.45) is 5.73 Å². The zero-order valence-electron chi connectivity index (χ0n) is 10.1. The number of methoxy groups -OCH3 is 1. The van der Waals surface area contributed by atoms with Gasteiger partial charge in [0.1, 0.15) is 11.9 Å². The second-order valence-electron chi connectivity index (χ2n) is 3.93. The Morgan fingerprint density at radius 2 is 2.22 bits per heavy atom. The molecule has 18 heavy (non-hydrogen) atoms. The van der Waals surface area contributed by atoms with E-state index in [0.717, 1.165) is 0 Å².